The van der Waals surface area contributed by atoms with Gasteiger partial charge >= 0.3 is 0 Å². The van der Waals surface area contributed by atoms with Crippen molar-refractivity contribution < 1.29 is 8.83 Å². The van der Waals surface area contributed by atoms with Gasteiger partial charge in [0.2, 0.25) is 0 Å². The Labute approximate surface area is 591 Å². The van der Waals surface area contributed by atoms with Gasteiger partial charge in [-0.1, -0.05) is 279 Å². The molecule has 0 saturated carbocycles. The van der Waals surface area contributed by atoms with Gasteiger partial charge in [-0.3, -0.25) is 0 Å². The van der Waals surface area contributed by atoms with Crippen molar-refractivity contribution in [2.75, 3.05) is 9.80 Å². The number of benzene rings is 17. The maximum absolute atomic E-state index is 6.88. The highest BCUT2D eigenvalue weighted by Crippen LogP contribution is 2.49. The van der Waals surface area contributed by atoms with Gasteiger partial charge in [-0.05, 0) is 209 Å². The van der Waals surface area contributed by atoms with Crippen molar-refractivity contribution in [2.24, 2.45) is 0 Å². The predicted molar refractivity (Wildman–Crippen MR) is 429 cm³/mol. The minimum Gasteiger partial charge on any atom is -0.456 e. The molecule has 17 aromatic carbocycles. The minimum atomic E-state index is 0.846. The fourth-order valence-electron chi connectivity index (χ4n) is 15.2. The molecule has 19 aromatic rings. The van der Waals surface area contributed by atoms with E-state index in [4.69, 9.17) is 8.83 Å². The van der Waals surface area contributed by atoms with Crippen LogP contribution < -0.4 is 9.80 Å². The maximum Gasteiger partial charge on any atom is 0.136 e. The summed E-state index contributed by atoms with van der Waals surface area (Å²) >= 11 is 0. The van der Waals surface area contributed by atoms with E-state index >= 15 is 0 Å². The van der Waals surface area contributed by atoms with Crippen LogP contribution in [0.2, 0.25) is 0 Å². The highest BCUT2D eigenvalue weighted by molar-refractivity contribution is 6.16. The number of para-hydroxylation sites is 3. The van der Waals surface area contributed by atoms with Gasteiger partial charge in [0, 0.05) is 55.4 Å². The van der Waals surface area contributed by atoms with E-state index < -0.39 is 0 Å². The standard InChI is InChI=1S/C98H64N2O2/c1-3-17-65(18-4-1)69-43-52-81(53-44-69)99(91-28-12-9-23-85(91)87-26-15-31-94-97(87)89-25-11-14-30-93(89)101-94)83-56-47-71(48-57-83)68-33-35-72(36-34-68)77-41-38-74-39-42-78(63-80(74)62-77)79-51-60-90-96(64-79)102-95-32-16-27-88(98(90)95)86-24-10-13-29-92(86)100(82-54-45-70(46-55-82)66-19-5-2-6-20-66)84-58-49-73(50-59-84)76-40-37-67-21-7-8-22-75(67)61-76/h1-64H. The second-order valence-corrected chi connectivity index (χ2v) is 26.3. The van der Waals surface area contributed by atoms with Gasteiger partial charge in [0.05, 0.1) is 11.4 Å². The van der Waals surface area contributed by atoms with E-state index in [1.807, 2.05) is 6.07 Å². The van der Waals surface area contributed by atoms with E-state index in [0.717, 1.165) is 134 Å². The number of rotatable bonds is 14. The van der Waals surface area contributed by atoms with Crippen molar-refractivity contribution >= 4 is 99.5 Å². The van der Waals surface area contributed by atoms with Gasteiger partial charge in [-0.15, -0.1) is 0 Å². The molecule has 0 amide bonds. The molecule has 0 fully saturated rings. The van der Waals surface area contributed by atoms with Crippen LogP contribution in [-0.2, 0) is 0 Å². The lowest BCUT2D eigenvalue weighted by molar-refractivity contribution is 0.668. The number of nitrogens with zero attached hydrogens (tertiary/aromatic N) is 2. The summed E-state index contributed by atoms with van der Waals surface area (Å²) in [4.78, 5) is 4.77. The van der Waals surface area contributed by atoms with Crippen LogP contribution in [0.1, 0.15) is 0 Å². The summed E-state index contributed by atoms with van der Waals surface area (Å²) in [5.41, 5.74) is 28.2. The Kier molecular flexibility index (Phi) is 14.9. The average Bonchev–Trinajstić information content (AvgIpc) is 1.64. The van der Waals surface area contributed by atoms with Crippen LogP contribution in [0.15, 0.2) is 397 Å². The number of furan rings is 2. The molecule has 19 rings (SSSR count). The summed E-state index contributed by atoms with van der Waals surface area (Å²) in [7, 11) is 0. The molecule has 0 spiro atoms. The van der Waals surface area contributed by atoms with Crippen molar-refractivity contribution in [1.82, 2.24) is 0 Å². The Morgan fingerprint density at radius 1 is 0.167 bits per heavy atom. The van der Waals surface area contributed by atoms with E-state index in [9.17, 15) is 0 Å². The second kappa shape index (κ2) is 25.4. The van der Waals surface area contributed by atoms with Crippen LogP contribution in [0.25, 0.3) is 154 Å². The van der Waals surface area contributed by atoms with Gasteiger partial charge in [0.25, 0.3) is 0 Å². The molecule has 0 unspecified atom stereocenters. The zero-order valence-electron chi connectivity index (χ0n) is 55.7. The smallest absolute Gasteiger partial charge is 0.136 e. The van der Waals surface area contributed by atoms with Gasteiger partial charge in [0.15, 0.2) is 0 Å². The molecule has 0 saturated heterocycles. The van der Waals surface area contributed by atoms with Crippen LogP contribution in [-0.4, -0.2) is 0 Å². The monoisotopic (exact) mass is 1300 g/mol. The van der Waals surface area contributed by atoms with Gasteiger partial charge in [0.1, 0.15) is 22.3 Å². The highest BCUT2D eigenvalue weighted by Gasteiger charge is 2.24. The molecule has 0 N–H and O–H groups in total. The molecule has 0 aliphatic rings. The molecule has 478 valence electrons. The van der Waals surface area contributed by atoms with Gasteiger partial charge < -0.3 is 18.6 Å². The molecule has 2 heterocycles. The van der Waals surface area contributed by atoms with E-state index in [1.165, 1.54) is 54.9 Å². The first-order valence-corrected chi connectivity index (χ1v) is 34.8. The van der Waals surface area contributed by atoms with Crippen molar-refractivity contribution in [2.45, 2.75) is 0 Å². The largest absolute Gasteiger partial charge is 0.456 e. The Morgan fingerprint density at radius 2 is 0.471 bits per heavy atom. The zero-order chi connectivity index (χ0) is 67.5. The number of hydrogen-bond acceptors (Lipinski definition) is 4. The first-order valence-electron chi connectivity index (χ1n) is 34.8. The quantitative estimate of drug-likeness (QED) is 0.109. The molecule has 0 bridgehead atoms. The first kappa shape index (κ1) is 59.7. The Hall–Kier alpha value is -13.5. The third kappa shape index (κ3) is 10.9. The lowest BCUT2D eigenvalue weighted by Crippen LogP contribution is -2.11. The first-order chi connectivity index (χ1) is 50.5. The third-order valence-electron chi connectivity index (χ3n) is 20.3. The SMILES string of the molecule is c1ccc(-c2ccc(N(c3ccc(-c4ccc(-c5ccc6ccc(-c7ccc8c(c7)oc7cccc(-c9ccccc9N(c9ccc(-c%10ccccc%10)cc9)c9ccc(-c%10ccc%11ccccc%11c%10)cc9)c78)cc6c5)cc4)cc3)c3ccccc3-c3cccc4oc5ccccc5c34)cc2)cc1. The molecule has 0 aliphatic heterocycles. The molecule has 0 radical (unpaired) electrons. The summed E-state index contributed by atoms with van der Waals surface area (Å²) < 4.78 is 13.3. The molecule has 0 atom stereocenters. The summed E-state index contributed by atoms with van der Waals surface area (Å²) in [6, 6.07) is 140. The molecule has 2 aromatic heterocycles. The normalized spacial score (nSPS) is 11.5. The van der Waals surface area contributed by atoms with E-state index in [1.54, 1.807) is 0 Å². The second-order valence-electron chi connectivity index (χ2n) is 26.3. The Balaban J connectivity index is 0.618. The van der Waals surface area contributed by atoms with Crippen LogP contribution in [0.5, 0.6) is 0 Å². The summed E-state index contributed by atoms with van der Waals surface area (Å²) in [6.45, 7) is 0. The van der Waals surface area contributed by atoms with Gasteiger partial charge in [-0.25, -0.2) is 0 Å². The highest BCUT2D eigenvalue weighted by atomic mass is 16.3. The third-order valence-corrected chi connectivity index (χ3v) is 20.3. The van der Waals surface area contributed by atoms with Crippen LogP contribution in [0.3, 0.4) is 0 Å². The topological polar surface area (TPSA) is 32.8 Å². The van der Waals surface area contributed by atoms with Crippen molar-refractivity contribution in [3.05, 3.63) is 388 Å². The van der Waals surface area contributed by atoms with Crippen LogP contribution in [0, 0.1) is 0 Å². The molecular formula is C98H64N2O2. The fourth-order valence-corrected chi connectivity index (χ4v) is 15.2. The fraction of sp³-hybridized carbons (Fsp3) is 0. The van der Waals surface area contributed by atoms with Crippen molar-refractivity contribution in [3.63, 3.8) is 0 Å². The number of fused-ring (bicyclic) bond motifs is 8. The Bertz CT molecular complexity index is 6330. The molecule has 102 heavy (non-hydrogen) atoms. The lowest BCUT2D eigenvalue weighted by atomic mass is 9.95. The van der Waals surface area contributed by atoms with E-state index in [2.05, 4.69) is 392 Å². The lowest BCUT2D eigenvalue weighted by Gasteiger charge is -2.28. The summed E-state index contributed by atoms with van der Waals surface area (Å²) in [5, 5.41) is 9.20. The molecule has 0 aliphatic carbocycles. The van der Waals surface area contributed by atoms with Gasteiger partial charge in [-0.2, -0.15) is 0 Å². The minimum absolute atomic E-state index is 0.846. The Morgan fingerprint density at radius 3 is 0.961 bits per heavy atom. The summed E-state index contributed by atoms with van der Waals surface area (Å²) in [6.07, 6.45) is 0. The van der Waals surface area contributed by atoms with Crippen molar-refractivity contribution in [3.8, 4) is 89.0 Å². The van der Waals surface area contributed by atoms with Crippen LogP contribution in [0.4, 0.5) is 34.1 Å². The number of anilines is 6. The molecule has 4 nitrogen and oxygen atoms in total. The predicted octanol–water partition coefficient (Wildman–Crippen LogP) is 28.1. The molecule has 4 heteroatoms. The maximum atomic E-state index is 6.88. The van der Waals surface area contributed by atoms with Crippen LogP contribution >= 0.6 is 0 Å². The zero-order valence-corrected chi connectivity index (χ0v) is 55.7. The average molecular weight is 1300 g/mol. The molecular weight excluding hydrogens is 1240 g/mol. The van der Waals surface area contributed by atoms with Crippen molar-refractivity contribution in [1.29, 1.82) is 0 Å². The van der Waals surface area contributed by atoms with E-state index in [-0.39, 0.29) is 0 Å². The van der Waals surface area contributed by atoms with E-state index in [0.29, 0.717) is 0 Å². The summed E-state index contributed by atoms with van der Waals surface area (Å²) in [5.74, 6) is 0. The number of hydrogen-bond donors (Lipinski definition) is 0.